The average molecular weight is 580 g/mol. The number of nitrogens with one attached hydrogen (secondary N) is 2. The third kappa shape index (κ3) is 6.40. The lowest BCUT2D eigenvalue weighted by Gasteiger charge is -2.26. The van der Waals surface area contributed by atoms with Crippen LogP contribution in [0.4, 0.5) is 0 Å². The number of aryl methyl sites for hydroxylation is 1. The van der Waals surface area contributed by atoms with Gasteiger partial charge in [0, 0.05) is 31.0 Å². The number of imidazole rings is 1. The third-order valence-electron chi connectivity index (χ3n) is 7.59. The Morgan fingerprint density at radius 3 is 2.83 bits per heavy atom. The van der Waals surface area contributed by atoms with Gasteiger partial charge in [0.1, 0.15) is 25.0 Å². The monoisotopic (exact) mass is 579 g/mol. The van der Waals surface area contributed by atoms with Gasteiger partial charge in [0.2, 0.25) is 11.8 Å². The Morgan fingerprint density at radius 1 is 1.20 bits per heavy atom. The number of aromatic nitrogens is 2. The molecule has 0 unspecified atom stereocenters. The quantitative estimate of drug-likeness (QED) is 0.492. The predicted octanol–water partition coefficient (Wildman–Crippen LogP) is 3.29. The summed E-state index contributed by atoms with van der Waals surface area (Å²) >= 11 is 1.44. The molecule has 2 bridgehead atoms. The van der Waals surface area contributed by atoms with Crippen molar-refractivity contribution in [3.63, 3.8) is 0 Å². The summed E-state index contributed by atoms with van der Waals surface area (Å²) in [4.78, 5) is 47.0. The summed E-state index contributed by atoms with van der Waals surface area (Å²) in [6.07, 6.45) is 7.58. The minimum atomic E-state index is -0.734. The molecule has 218 valence electrons. The summed E-state index contributed by atoms with van der Waals surface area (Å²) in [7, 11) is 1.58. The summed E-state index contributed by atoms with van der Waals surface area (Å²) in [5.41, 5.74) is 3.16. The number of hydrogen-bond acceptors (Lipinski definition) is 7. The second kappa shape index (κ2) is 12.8. The van der Waals surface area contributed by atoms with E-state index in [0.717, 1.165) is 42.6 Å². The smallest absolute Gasteiger partial charge is 0.264 e. The Kier molecular flexibility index (Phi) is 8.92. The minimum Gasteiger partial charge on any atom is -0.493 e. The van der Waals surface area contributed by atoms with Gasteiger partial charge in [-0.05, 0) is 66.3 Å². The van der Waals surface area contributed by atoms with Gasteiger partial charge in [0.25, 0.3) is 5.91 Å². The Bertz CT molecular complexity index is 1410. The number of thiophene rings is 1. The Hall–Kier alpha value is -3.86. The zero-order valence-corrected chi connectivity index (χ0v) is 24.6. The Morgan fingerprint density at radius 2 is 2.02 bits per heavy atom. The molecule has 3 heterocycles. The van der Waals surface area contributed by atoms with Crippen molar-refractivity contribution in [2.24, 2.45) is 5.92 Å². The van der Waals surface area contributed by atoms with E-state index in [2.05, 4.69) is 21.0 Å². The van der Waals surface area contributed by atoms with Gasteiger partial charge in [0.15, 0.2) is 11.5 Å². The van der Waals surface area contributed by atoms with E-state index in [-0.39, 0.29) is 37.4 Å². The fourth-order valence-corrected chi connectivity index (χ4v) is 6.50. The number of nitrogens with zero attached hydrogens (tertiary/aromatic N) is 3. The highest BCUT2D eigenvalue weighted by Gasteiger charge is 2.29. The van der Waals surface area contributed by atoms with Crippen LogP contribution < -0.4 is 20.1 Å². The molecule has 0 fully saturated rings. The van der Waals surface area contributed by atoms with E-state index >= 15 is 0 Å². The molecule has 2 aliphatic rings. The summed E-state index contributed by atoms with van der Waals surface area (Å²) in [6, 6.07) is 4.85. The second-order valence-corrected chi connectivity index (χ2v) is 11.6. The SMILES string of the molecule is COc1ccc2cc1OCCN(C(=O)c1scc3c1CCCC3)CC(=O)N[C@H](C(C)C)C(=O)NCCn1ccnc1-2. The first kappa shape index (κ1) is 28.7. The summed E-state index contributed by atoms with van der Waals surface area (Å²) in [5.74, 6) is 0.808. The fourth-order valence-electron chi connectivity index (χ4n) is 5.38. The van der Waals surface area contributed by atoms with Crippen LogP contribution in [0.25, 0.3) is 11.4 Å². The van der Waals surface area contributed by atoms with Crippen LogP contribution in [-0.4, -0.2) is 71.6 Å². The zero-order chi connectivity index (χ0) is 28.9. The predicted molar refractivity (Wildman–Crippen MR) is 156 cm³/mol. The van der Waals surface area contributed by atoms with Crippen LogP contribution in [0.15, 0.2) is 36.0 Å². The van der Waals surface area contributed by atoms with Crippen LogP contribution in [0.2, 0.25) is 0 Å². The lowest BCUT2D eigenvalue weighted by atomic mass is 9.93. The Labute approximate surface area is 244 Å². The van der Waals surface area contributed by atoms with E-state index in [1.807, 2.05) is 42.8 Å². The second-order valence-electron chi connectivity index (χ2n) is 10.7. The maximum absolute atomic E-state index is 13.8. The number of hydrogen-bond donors (Lipinski definition) is 2. The molecule has 11 heteroatoms. The number of carbonyl (C=O) groups is 3. The highest BCUT2D eigenvalue weighted by atomic mass is 32.1. The van der Waals surface area contributed by atoms with Gasteiger partial charge in [-0.1, -0.05) is 13.8 Å². The first-order valence-electron chi connectivity index (χ1n) is 14.1. The first-order chi connectivity index (χ1) is 19.9. The fraction of sp³-hybridized carbons (Fsp3) is 0.467. The molecule has 1 atom stereocenters. The molecule has 0 radical (unpaired) electrons. The molecule has 1 aromatic carbocycles. The van der Waals surface area contributed by atoms with Crippen LogP contribution >= 0.6 is 11.3 Å². The molecule has 2 N–H and O–H groups in total. The maximum Gasteiger partial charge on any atom is 0.264 e. The summed E-state index contributed by atoms with van der Waals surface area (Å²) in [5, 5.41) is 7.89. The lowest BCUT2D eigenvalue weighted by Crippen LogP contribution is -2.53. The minimum absolute atomic E-state index is 0.143. The van der Waals surface area contributed by atoms with Crippen LogP contribution in [0.3, 0.4) is 0 Å². The van der Waals surface area contributed by atoms with Gasteiger partial charge in [0.05, 0.1) is 18.5 Å². The van der Waals surface area contributed by atoms with E-state index in [1.165, 1.54) is 21.8 Å². The number of carbonyl (C=O) groups excluding carboxylic acids is 3. The molecule has 41 heavy (non-hydrogen) atoms. The zero-order valence-electron chi connectivity index (χ0n) is 23.8. The molecular formula is C30H37N5O5S. The summed E-state index contributed by atoms with van der Waals surface area (Å²) in [6.45, 7) is 4.77. The highest BCUT2D eigenvalue weighted by molar-refractivity contribution is 7.12. The van der Waals surface area contributed by atoms with Crippen LogP contribution in [-0.2, 0) is 29.0 Å². The van der Waals surface area contributed by atoms with E-state index in [9.17, 15) is 14.4 Å². The molecule has 2 aromatic heterocycles. The molecule has 10 nitrogen and oxygen atoms in total. The van der Waals surface area contributed by atoms with E-state index in [1.54, 1.807) is 13.3 Å². The normalized spacial score (nSPS) is 18.4. The van der Waals surface area contributed by atoms with Gasteiger partial charge < -0.3 is 29.6 Å². The highest BCUT2D eigenvalue weighted by Crippen LogP contribution is 2.33. The topological polar surface area (TPSA) is 115 Å². The largest absolute Gasteiger partial charge is 0.493 e. The molecule has 0 saturated carbocycles. The van der Waals surface area contributed by atoms with Gasteiger partial charge >= 0.3 is 0 Å². The van der Waals surface area contributed by atoms with E-state index < -0.39 is 11.9 Å². The van der Waals surface area contributed by atoms with Crippen LogP contribution in [0.5, 0.6) is 11.5 Å². The maximum atomic E-state index is 13.8. The number of fused-ring (bicyclic) bond motifs is 5. The van der Waals surface area contributed by atoms with Gasteiger partial charge in [-0.2, -0.15) is 0 Å². The first-order valence-corrected chi connectivity index (χ1v) is 15.0. The van der Waals surface area contributed by atoms with Gasteiger partial charge in [-0.3, -0.25) is 14.4 Å². The van der Waals surface area contributed by atoms with Gasteiger partial charge in [-0.15, -0.1) is 11.3 Å². The van der Waals surface area contributed by atoms with Crippen molar-refractivity contribution < 1.29 is 23.9 Å². The average Bonchev–Trinajstić information content (AvgIpc) is 3.61. The number of amides is 3. The van der Waals surface area contributed by atoms with Crippen molar-refractivity contribution >= 4 is 29.1 Å². The Balaban J connectivity index is 1.46. The third-order valence-corrected chi connectivity index (χ3v) is 8.65. The van der Waals surface area contributed by atoms with Crippen molar-refractivity contribution in [3.8, 4) is 22.9 Å². The van der Waals surface area contributed by atoms with Crippen molar-refractivity contribution in [1.29, 1.82) is 0 Å². The van der Waals surface area contributed by atoms with Crippen LogP contribution in [0.1, 0.15) is 47.5 Å². The number of benzene rings is 1. The molecular weight excluding hydrogens is 542 g/mol. The molecule has 0 saturated heterocycles. The van der Waals surface area contributed by atoms with Crippen molar-refractivity contribution in [3.05, 3.63) is 52.0 Å². The molecule has 0 spiro atoms. The van der Waals surface area contributed by atoms with E-state index in [4.69, 9.17) is 9.47 Å². The number of ether oxygens (including phenoxy) is 2. The molecule has 3 amide bonds. The molecule has 3 aromatic rings. The van der Waals surface area contributed by atoms with Crippen LogP contribution in [0, 0.1) is 5.92 Å². The van der Waals surface area contributed by atoms with Crippen molar-refractivity contribution in [2.75, 3.05) is 33.4 Å². The number of methoxy groups -OCH3 is 1. The van der Waals surface area contributed by atoms with Gasteiger partial charge in [-0.25, -0.2) is 4.98 Å². The van der Waals surface area contributed by atoms with E-state index in [0.29, 0.717) is 29.5 Å². The van der Waals surface area contributed by atoms with Crippen molar-refractivity contribution in [1.82, 2.24) is 25.1 Å². The summed E-state index contributed by atoms with van der Waals surface area (Å²) < 4.78 is 13.6. The molecule has 5 rings (SSSR count). The molecule has 1 aliphatic heterocycles. The van der Waals surface area contributed by atoms with Crippen molar-refractivity contribution in [2.45, 2.75) is 52.1 Å². The number of rotatable bonds is 3. The standard InChI is InChI=1S/C30H37N5O5S/c1-19(2)26-29(37)32-11-13-34-12-10-31-28(34)20-8-9-23(39-3)24(16-20)40-15-14-35(17-25(36)33-26)30(38)27-22-7-5-4-6-21(22)18-41-27/h8-10,12,16,18-19,26H,4-7,11,13-15,17H2,1-3H3,(H,32,37)(H,33,36)/t26-/m1/s1. The lowest BCUT2D eigenvalue weighted by molar-refractivity contribution is -0.130. The molecule has 1 aliphatic carbocycles.